The number of amides is 1. The largest absolute Gasteiger partial charge is 0.339 e. The zero-order chi connectivity index (χ0) is 21.3. The maximum Gasteiger partial charge on any atom is 0.253 e. The molecule has 1 aromatic heterocycles. The maximum atomic E-state index is 12.7. The molecule has 4 nitrogen and oxygen atoms in total. The molecule has 0 unspecified atom stereocenters. The predicted molar refractivity (Wildman–Crippen MR) is 125 cm³/mol. The third kappa shape index (κ3) is 5.92. The molecule has 30 heavy (non-hydrogen) atoms. The molecule has 2 aromatic carbocycles. The average Bonchev–Trinajstić information content (AvgIpc) is 2.78. The molecule has 156 valence electrons. The highest BCUT2D eigenvalue weighted by molar-refractivity contribution is 7.98. The third-order valence-electron chi connectivity index (χ3n) is 4.85. The van der Waals surface area contributed by atoms with Gasteiger partial charge in [0.25, 0.3) is 5.91 Å². The van der Waals surface area contributed by atoms with Crippen LogP contribution in [0.25, 0.3) is 11.3 Å². The lowest BCUT2D eigenvalue weighted by Gasteiger charge is -2.21. The summed E-state index contributed by atoms with van der Waals surface area (Å²) >= 11 is 1.65. The monoisotopic (exact) mass is 419 g/mol. The molecule has 5 heteroatoms. The van der Waals surface area contributed by atoms with Gasteiger partial charge in [-0.25, -0.2) is 0 Å². The quantitative estimate of drug-likeness (QED) is 0.399. The Morgan fingerprint density at radius 2 is 1.53 bits per heavy atom. The van der Waals surface area contributed by atoms with Crippen LogP contribution in [0.15, 0.2) is 65.7 Å². The van der Waals surface area contributed by atoms with E-state index in [1.807, 2.05) is 41.3 Å². The number of aromatic nitrogens is 2. The summed E-state index contributed by atoms with van der Waals surface area (Å²) in [5.74, 6) is 0.913. The van der Waals surface area contributed by atoms with E-state index in [1.54, 1.807) is 11.8 Å². The van der Waals surface area contributed by atoms with Gasteiger partial charge in [0.1, 0.15) is 5.03 Å². The molecule has 0 bridgehead atoms. The van der Waals surface area contributed by atoms with E-state index in [0.717, 1.165) is 53.5 Å². The first-order valence-corrected chi connectivity index (χ1v) is 11.5. The predicted octanol–water partition coefficient (Wildman–Crippen LogP) is 6.01. The number of thioether (sulfide) groups is 1. The second-order valence-corrected chi connectivity index (χ2v) is 8.40. The molecular formula is C25H29N3OS. The third-order valence-corrected chi connectivity index (χ3v) is 5.84. The lowest BCUT2D eigenvalue weighted by molar-refractivity contribution is 0.0755. The Morgan fingerprint density at radius 1 is 0.867 bits per heavy atom. The van der Waals surface area contributed by atoms with E-state index in [4.69, 9.17) is 0 Å². The number of aryl methyl sites for hydroxylation is 1. The van der Waals surface area contributed by atoms with E-state index in [1.165, 1.54) is 11.1 Å². The van der Waals surface area contributed by atoms with Crippen molar-refractivity contribution in [3.8, 4) is 11.3 Å². The first-order valence-electron chi connectivity index (χ1n) is 10.5. The lowest BCUT2D eigenvalue weighted by atomic mass is 10.1. The summed E-state index contributed by atoms with van der Waals surface area (Å²) in [5.41, 5.74) is 5.11. The van der Waals surface area contributed by atoms with Crippen LogP contribution in [-0.4, -0.2) is 34.1 Å². The summed E-state index contributed by atoms with van der Waals surface area (Å²) in [4.78, 5) is 14.6. The lowest BCUT2D eigenvalue weighted by Crippen LogP contribution is -2.32. The van der Waals surface area contributed by atoms with Crippen molar-refractivity contribution in [2.24, 2.45) is 0 Å². The summed E-state index contributed by atoms with van der Waals surface area (Å²) in [6.45, 7) is 7.89. The molecule has 0 saturated carbocycles. The van der Waals surface area contributed by atoms with Gasteiger partial charge in [-0.05, 0) is 49.6 Å². The fraction of sp³-hybridized carbons (Fsp3) is 0.320. The number of carbonyl (C=O) groups is 1. The zero-order valence-corrected chi connectivity index (χ0v) is 18.8. The number of rotatable bonds is 9. The van der Waals surface area contributed by atoms with E-state index in [0.29, 0.717) is 0 Å². The molecule has 0 spiro atoms. The number of hydrogen-bond acceptors (Lipinski definition) is 4. The van der Waals surface area contributed by atoms with Crippen molar-refractivity contribution in [3.05, 3.63) is 77.4 Å². The first kappa shape index (κ1) is 22.0. The highest BCUT2D eigenvalue weighted by Crippen LogP contribution is 2.23. The molecule has 0 aliphatic rings. The van der Waals surface area contributed by atoms with Gasteiger partial charge >= 0.3 is 0 Å². The molecular weight excluding hydrogens is 390 g/mol. The van der Waals surface area contributed by atoms with Crippen molar-refractivity contribution < 1.29 is 4.79 Å². The summed E-state index contributed by atoms with van der Waals surface area (Å²) in [6, 6.07) is 20.3. The number of hydrogen-bond donors (Lipinski definition) is 0. The van der Waals surface area contributed by atoms with Gasteiger partial charge < -0.3 is 4.90 Å². The van der Waals surface area contributed by atoms with Crippen LogP contribution >= 0.6 is 11.8 Å². The molecule has 0 aliphatic carbocycles. The van der Waals surface area contributed by atoms with E-state index in [-0.39, 0.29) is 5.91 Å². The molecule has 3 rings (SSSR count). The number of benzene rings is 2. The minimum absolute atomic E-state index is 0.121. The maximum absolute atomic E-state index is 12.7. The van der Waals surface area contributed by atoms with Gasteiger partial charge in [0, 0.05) is 30.0 Å². The van der Waals surface area contributed by atoms with E-state index in [2.05, 4.69) is 55.2 Å². The molecule has 0 atom stereocenters. The Hall–Kier alpha value is -2.66. The minimum Gasteiger partial charge on any atom is -0.339 e. The smallest absolute Gasteiger partial charge is 0.253 e. The zero-order valence-electron chi connectivity index (χ0n) is 18.0. The van der Waals surface area contributed by atoms with Crippen molar-refractivity contribution in [2.75, 3.05) is 13.1 Å². The molecule has 0 fully saturated rings. The topological polar surface area (TPSA) is 46.1 Å². The van der Waals surface area contributed by atoms with Crippen LogP contribution in [0.1, 0.15) is 48.2 Å². The van der Waals surface area contributed by atoms with Gasteiger partial charge in [-0.2, -0.15) is 0 Å². The molecule has 0 saturated heterocycles. The van der Waals surface area contributed by atoms with Gasteiger partial charge in [-0.1, -0.05) is 67.6 Å². The molecule has 1 amide bonds. The first-order chi connectivity index (χ1) is 14.6. The van der Waals surface area contributed by atoms with Crippen LogP contribution in [0.5, 0.6) is 0 Å². The van der Waals surface area contributed by atoms with Crippen molar-refractivity contribution in [1.82, 2.24) is 15.1 Å². The fourth-order valence-corrected chi connectivity index (χ4v) is 3.98. The van der Waals surface area contributed by atoms with E-state index >= 15 is 0 Å². The van der Waals surface area contributed by atoms with Crippen LogP contribution in [0.2, 0.25) is 0 Å². The number of carbonyl (C=O) groups excluding carboxylic acids is 1. The summed E-state index contributed by atoms with van der Waals surface area (Å²) in [7, 11) is 0. The summed E-state index contributed by atoms with van der Waals surface area (Å²) < 4.78 is 0. The van der Waals surface area contributed by atoms with E-state index in [9.17, 15) is 4.79 Å². The van der Waals surface area contributed by atoms with Gasteiger partial charge in [0.05, 0.1) is 5.69 Å². The normalized spacial score (nSPS) is 10.8. The highest BCUT2D eigenvalue weighted by Gasteiger charge is 2.14. The van der Waals surface area contributed by atoms with Crippen LogP contribution in [-0.2, 0) is 5.75 Å². The minimum atomic E-state index is 0.121. The van der Waals surface area contributed by atoms with Crippen molar-refractivity contribution in [2.45, 2.75) is 44.4 Å². The van der Waals surface area contributed by atoms with Gasteiger partial charge in [0.15, 0.2) is 0 Å². The average molecular weight is 420 g/mol. The van der Waals surface area contributed by atoms with Crippen molar-refractivity contribution in [3.63, 3.8) is 0 Å². The summed E-state index contributed by atoms with van der Waals surface area (Å²) in [6.07, 6.45) is 1.95. The fourth-order valence-electron chi connectivity index (χ4n) is 3.21. The highest BCUT2D eigenvalue weighted by atomic mass is 32.2. The summed E-state index contributed by atoms with van der Waals surface area (Å²) in [5, 5.41) is 9.61. The Bertz CT molecular complexity index is 932. The molecule has 3 aromatic rings. The van der Waals surface area contributed by atoms with Crippen LogP contribution in [0, 0.1) is 6.92 Å². The standard InChI is InChI=1S/C25H29N3OS/c1-4-16-28(17-5-2)25(29)22-12-8-20(9-13-22)18-30-24-15-14-23(26-27-24)21-10-6-19(3)7-11-21/h6-15H,4-5,16-18H2,1-3H3. The Labute approximate surface area is 183 Å². The van der Waals surface area contributed by atoms with Gasteiger partial charge in [-0.15, -0.1) is 10.2 Å². The second-order valence-electron chi connectivity index (χ2n) is 7.40. The van der Waals surface area contributed by atoms with E-state index < -0.39 is 0 Å². The molecule has 0 aliphatic heterocycles. The SMILES string of the molecule is CCCN(CCC)C(=O)c1ccc(CSc2ccc(-c3ccc(C)cc3)nn2)cc1. The van der Waals surface area contributed by atoms with Crippen LogP contribution in [0.4, 0.5) is 0 Å². The second kappa shape index (κ2) is 10.9. The Balaban J connectivity index is 1.58. The number of nitrogens with zero attached hydrogens (tertiary/aromatic N) is 3. The van der Waals surface area contributed by atoms with Crippen LogP contribution < -0.4 is 0 Å². The van der Waals surface area contributed by atoms with Crippen molar-refractivity contribution in [1.29, 1.82) is 0 Å². The van der Waals surface area contributed by atoms with Gasteiger partial charge in [0.2, 0.25) is 0 Å². The Morgan fingerprint density at radius 3 is 2.10 bits per heavy atom. The molecule has 0 radical (unpaired) electrons. The van der Waals surface area contributed by atoms with Crippen LogP contribution in [0.3, 0.4) is 0 Å². The molecule has 0 N–H and O–H groups in total. The Kier molecular flexibility index (Phi) is 8.03. The van der Waals surface area contributed by atoms with Crippen molar-refractivity contribution >= 4 is 17.7 Å². The van der Waals surface area contributed by atoms with Gasteiger partial charge in [-0.3, -0.25) is 4.79 Å². The molecule has 1 heterocycles.